The lowest BCUT2D eigenvalue weighted by atomic mass is 10.0. The third-order valence-corrected chi connectivity index (χ3v) is 3.75. The van der Waals surface area contributed by atoms with Crippen LogP contribution in [0, 0.1) is 0 Å². The number of rotatable bonds is 4. The van der Waals surface area contributed by atoms with Crippen LogP contribution in [0.5, 0.6) is 0 Å². The molecule has 1 heterocycles. The molecular weight excluding hydrogens is 240 g/mol. The smallest absolute Gasteiger partial charge is 0.305 e. The molecule has 1 aliphatic rings. The van der Waals surface area contributed by atoms with Crippen molar-refractivity contribution in [1.29, 1.82) is 0 Å². The van der Waals surface area contributed by atoms with E-state index in [2.05, 4.69) is 16.8 Å². The molecule has 0 aromatic heterocycles. The number of hydrogen-bond donors (Lipinski definition) is 1. The Kier molecular flexibility index (Phi) is 4.93. The molecule has 4 nitrogen and oxygen atoms in total. The topological polar surface area (TPSA) is 43.8 Å². The van der Waals surface area contributed by atoms with E-state index in [0.717, 1.165) is 38.2 Å². The molecule has 0 spiro atoms. The van der Waals surface area contributed by atoms with Gasteiger partial charge in [0.05, 0.1) is 6.42 Å². The molecule has 4 heteroatoms. The van der Waals surface area contributed by atoms with Crippen LogP contribution in [0.2, 0.25) is 0 Å². The third-order valence-electron chi connectivity index (χ3n) is 3.75. The van der Waals surface area contributed by atoms with Gasteiger partial charge in [-0.3, -0.25) is 9.69 Å². The Morgan fingerprint density at radius 1 is 1.21 bits per heavy atom. The second kappa shape index (κ2) is 6.68. The first-order valence-corrected chi connectivity index (χ1v) is 6.86. The van der Waals surface area contributed by atoms with E-state index in [-0.39, 0.29) is 12.5 Å². The summed E-state index contributed by atoms with van der Waals surface area (Å²) in [7, 11) is 2.12. The Morgan fingerprint density at radius 2 is 1.95 bits per heavy atom. The summed E-state index contributed by atoms with van der Waals surface area (Å²) in [6.07, 6.45) is 1.27. The van der Waals surface area contributed by atoms with Gasteiger partial charge in [0, 0.05) is 25.7 Å². The van der Waals surface area contributed by atoms with Crippen molar-refractivity contribution in [2.24, 2.45) is 0 Å². The normalized spacial score (nSPS) is 19.8. The molecule has 0 bridgehead atoms. The van der Waals surface area contributed by atoms with Gasteiger partial charge in [0.2, 0.25) is 0 Å². The number of benzene rings is 1. The summed E-state index contributed by atoms with van der Waals surface area (Å²) in [5.41, 5.74) is 1.11. The van der Waals surface area contributed by atoms with Crippen LogP contribution >= 0.6 is 0 Å². The molecule has 2 rings (SSSR count). The molecule has 1 N–H and O–H groups in total. The molecule has 0 amide bonds. The Labute approximate surface area is 114 Å². The van der Waals surface area contributed by atoms with Crippen LogP contribution in [0.4, 0.5) is 0 Å². The summed E-state index contributed by atoms with van der Waals surface area (Å²) >= 11 is 0. The maximum Gasteiger partial charge on any atom is 0.305 e. The highest BCUT2D eigenvalue weighted by atomic mass is 16.4. The predicted octanol–water partition coefficient (Wildman–Crippen LogP) is 1.84. The van der Waals surface area contributed by atoms with Crippen molar-refractivity contribution in [3.05, 3.63) is 35.9 Å². The summed E-state index contributed by atoms with van der Waals surface area (Å²) in [5, 5.41) is 9.16. The van der Waals surface area contributed by atoms with Gasteiger partial charge in [-0.2, -0.15) is 0 Å². The van der Waals surface area contributed by atoms with Crippen LogP contribution in [-0.4, -0.2) is 54.1 Å². The van der Waals surface area contributed by atoms with E-state index in [0.29, 0.717) is 0 Å². The maximum absolute atomic E-state index is 11.1. The largest absolute Gasteiger partial charge is 0.481 e. The molecule has 1 unspecified atom stereocenters. The molecule has 1 aromatic rings. The zero-order chi connectivity index (χ0) is 13.7. The van der Waals surface area contributed by atoms with E-state index in [4.69, 9.17) is 5.11 Å². The molecule has 1 saturated heterocycles. The fourth-order valence-corrected chi connectivity index (χ4v) is 2.68. The number of carboxylic acids is 1. The summed E-state index contributed by atoms with van der Waals surface area (Å²) in [6.45, 7) is 3.99. The standard InChI is InChI=1S/C15H22N2O2/c1-16-8-5-9-17(11-10-16)14(12-15(18)19)13-6-3-2-4-7-13/h2-4,6-7,14H,5,8-12H2,1H3,(H,18,19). The first kappa shape index (κ1) is 14.0. The van der Waals surface area contributed by atoms with Crippen molar-refractivity contribution < 1.29 is 9.90 Å². The van der Waals surface area contributed by atoms with Crippen LogP contribution in [-0.2, 0) is 4.79 Å². The van der Waals surface area contributed by atoms with Gasteiger partial charge in [0.25, 0.3) is 0 Å². The van der Waals surface area contributed by atoms with E-state index >= 15 is 0 Å². The molecule has 104 valence electrons. The summed E-state index contributed by atoms with van der Waals surface area (Å²) in [6, 6.07) is 9.98. The minimum atomic E-state index is -0.730. The molecular formula is C15H22N2O2. The molecule has 0 saturated carbocycles. The van der Waals surface area contributed by atoms with Gasteiger partial charge in [0.1, 0.15) is 0 Å². The highest BCUT2D eigenvalue weighted by Gasteiger charge is 2.24. The predicted molar refractivity (Wildman–Crippen MR) is 75.1 cm³/mol. The molecule has 1 aromatic carbocycles. The lowest BCUT2D eigenvalue weighted by Gasteiger charge is -2.30. The van der Waals surface area contributed by atoms with Gasteiger partial charge in [0.15, 0.2) is 0 Å². The van der Waals surface area contributed by atoms with E-state index < -0.39 is 5.97 Å². The van der Waals surface area contributed by atoms with Gasteiger partial charge >= 0.3 is 5.97 Å². The SMILES string of the molecule is CN1CCCN(C(CC(=O)O)c2ccccc2)CC1. The highest BCUT2D eigenvalue weighted by molar-refractivity contribution is 5.68. The van der Waals surface area contributed by atoms with Crippen LogP contribution in [0.15, 0.2) is 30.3 Å². The van der Waals surface area contributed by atoms with Crippen molar-refractivity contribution in [1.82, 2.24) is 9.80 Å². The summed E-state index contributed by atoms with van der Waals surface area (Å²) in [5.74, 6) is -0.730. The van der Waals surface area contributed by atoms with Gasteiger partial charge in [-0.1, -0.05) is 30.3 Å². The van der Waals surface area contributed by atoms with E-state index in [1.165, 1.54) is 0 Å². The van der Waals surface area contributed by atoms with Crippen LogP contribution in [0.3, 0.4) is 0 Å². The quantitative estimate of drug-likeness (QED) is 0.899. The number of carboxylic acid groups (broad SMARTS) is 1. The second-order valence-corrected chi connectivity index (χ2v) is 5.22. The first-order valence-electron chi connectivity index (χ1n) is 6.86. The average molecular weight is 262 g/mol. The highest BCUT2D eigenvalue weighted by Crippen LogP contribution is 2.25. The Bertz CT molecular complexity index is 408. The lowest BCUT2D eigenvalue weighted by Crippen LogP contribution is -2.33. The van der Waals surface area contributed by atoms with Gasteiger partial charge in [-0.25, -0.2) is 0 Å². The molecule has 0 radical (unpaired) electrons. The van der Waals surface area contributed by atoms with Crippen molar-refractivity contribution in [2.75, 3.05) is 33.2 Å². The van der Waals surface area contributed by atoms with Gasteiger partial charge in [-0.15, -0.1) is 0 Å². The first-order chi connectivity index (χ1) is 9.16. The molecule has 1 atom stereocenters. The molecule has 19 heavy (non-hydrogen) atoms. The minimum absolute atomic E-state index is 0.00907. The van der Waals surface area contributed by atoms with Crippen molar-refractivity contribution >= 4 is 5.97 Å². The van der Waals surface area contributed by atoms with Crippen molar-refractivity contribution in [2.45, 2.75) is 18.9 Å². The maximum atomic E-state index is 11.1. The second-order valence-electron chi connectivity index (χ2n) is 5.22. The fraction of sp³-hybridized carbons (Fsp3) is 0.533. The van der Waals surface area contributed by atoms with Crippen molar-refractivity contribution in [3.8, 4) is 0 Å². The number of hydrogen-bond acceptors (Lipinski definition) is 3. The summed E-state index contributed by atoms with van der Waals surface area (Å²) in [4.78, 5) is 15.8. The van der Waals surface area contributed by atoms with E-state index in [9.17, 15) is 4.79 Å². The Hall–Kier alpha value is -1.39. The number of nitrogens with zero attached hydrogens (tertiary/aromatic N) is 2. The van der Waals surface area contributed by atoms with Crippen molar-refractivity contribution in [3.63, 3.8) is 0 Å². The number of likely N-dealkylation sites (N-methyl/N-ethyl adjacent to an activating group) is 1. The zero-order valence-corrected chi connectivity index (χ0v) is 11.5. The number of carbonyl (C=O) groups is 1. The third kappa shape index (κ3) is 4.04. The average Bonchev–Trinajstić information content (AvgIpc) is 2.62. The lowest BCUT2D eigenvalue weighted by molar-refractivity contribution is -0.138. The van der Waals surface area contributed by atoms with Crippen LogP contribution < -0.4 is 0 Å². The molecule has 0 aliphatic carbocycles. The molecule has 1 fully saturated rings. The Balaban J connectivity index is 2.15. The van der Waals surface area contributed by atoms with Crippen LogP contribution in [0.25, 0.3) is 0 Å². The monoisotopic (exact) mass is 262 g/mol. The van der Waals surface area contributed by atoms with E-state index in [1.54, 1.807) is 0 Å². The zero-order valence-electron chi connectivity index (χ0n) is 11.5. The number of aliphatic carboxylic acids is 1. The Morgan fingerprint density at radius 3 is 2.63 bits per heavy atom. The van der Waals surface area contributed by atoms with Crippen LogP contribution in [0.1, 0.15) is 24.4 Å². The summed E-state index contributed by atoms with van der Waals surface area (Å²) < 4.78 is 0. The minimum Gasteiger partial charge on any atom is -0.481 e. The molecule has 1 aliphatic heterocycles. The van der Waals surface area contributed by atoms with Gasteiger partial charge < -0.3 is 10.0 Å². The fourth-order valence-electron chi connectivity index (χ4n) is 2.68. The van der Waals surface area contributed by atoms with Gasteiger partial charge in [-0.05, 0) is 25.6 Å². The van der Waals surface area contributed by atoms with E-state index in [1.807, 2.05) is 30.3 Å².